The van der Waals surface area contributed by atoms with E-state index >= 15 is 0 Å². The fourth-order valence-corrected chi connectivity index (χ4v) is 3.35. The summed E-state index contributed by atoms with van der Waals surface area (Å²) in [6.45, 7) is 4.17. The molecular formula is C17H17N3O3S. The minimum absolute atomic E-state index is 0.129. The smallest absolute Gasteiger partial charge is 0.338 e. The van der Waals surface area contributed by atoms with Crippen LogP contribution in [0.1, 0.15) is 28.0 Å². The van der Waals surface area contributed by atoms with Crippen molar-refractivity contribution in [3.63, 3.8) is 0 Å². The van der Waals surface area contributed by atoms with E-state index in [9.17, 15) is 9.90 Å². The number of amidine groups is 1. The van der Waals surface area contributed by atoms with Crippen LogP contribution in [0.15, 0.2) is 35.4 Å². The molecule has 1 aliphatic heterocycles. The van der Waals surface area contributed by atoms with Crippen molar-refractivity contribution in [2.45, 2.75) is 13.8 Å². The Morgan fingerprint density at radius 1 is 1.42 bits per heavy atom. The molecule has 2 heterocycles. The number of nitrogens with one attached hydrogen (secondary N) is 1. The predicted octanol–water partition coefficient (Wildman–Crippen LogP) is 3.39. The first-order valence-electron chi connectivity index (χ1n) is 7.49. The summed E-state index contributed by atoms with van der Waals surface area (Å²) in [4.78, 5) is 17.7. The third-order valence-corrected chi connectivity index (χ3v) is 4.60. The van der Waals surface area contributed by atoms with Crippen molar-refractivity contribution in [3.05, 3.63) is 51.7 Å². The van der Waals surface area contributed by atoms with E-state index in [2.05, 4.69) is 4.98 Å². The van der Waals surface area contributed by atoms with Crippen LogP contribution in [0.2, 0.25) is 0 Å². The lowest BCUT2D eigenvalue weighted by atomic mass is 10.2. The number of nitrogens with zero attached hydrogens (tertiary/aromatic N) is 2. The Balaban J connectivity index is 1.82. The molecule has 2 aromatic rings. The van der Waals surface area contributed by atoms with Gasteiger partial charge in [-0.15, -0.1) is 11.3 Å². The van der Waals surface area contributed by atoms with Crippen molar-refractivity contribution in [2.75, 3.05) is 18.1 Å². The molecule has 0 spiro atoms. The van der Waals surface area contributed by atoms with Gasteiger partial charge in [0.05, 0.1) is 24.3 Å². The number of carbonyl (C=O) groups is 1. The Morgan fingerprint density at radius 3 is 2.71 bits per heavy atom. The first-order valence-corrected chi connectivity index (χ1v) is 8.37. The summed E-state index contributed by atoms with van der Waals surface area (Å²) in [6.07, 6.45) is 0. The summed E-state index contributed by atoms with van der Waals surface area (Å²) >= 11 is 1.41. The fourth-order valence-electron chi connectivity index (χ4n) is 2.49. The number of aryl methyl sites for hydroxylation is 1. The first-order chi connectivity index (χ1) is 11.5. The molecule has 7 heteroatoms. The standard InChI is InChI=1S/C17H17N3O3S/c1-3-23-17(22)11-4-6-12(7-5-11)20-8-13(21)14(15(20)18)16-19-10(2)9-24-16/h4-7,9,18,21H,3,8H2,1-2H3. The van der Waals surface area contributed by atoms with E-state index in [1.807, 2.05) is 12.3 Å². The minimum Gasteiger partial charge on any atom is -0.510 e. The number of hydrogen-bond acceptors (Lipinski definition) is 6. The molecule has 0 saturated carbocycles. The van der Waals surface area contributed by atoms with Gasteiger partial charge in [0.2, 0.25) is 0 Å². The van der Waals surface area contributed by atoms with Crippen molar-refractivity contribution in [1.82, 2.24) is 4.98 Å². The summed E-state index contributed by atoms with van der Waals surface area (Å²) in [5.74, 6) is -0.0463. The number of benzene rings is 1. The highest BCUT2D eigenvalue weighted by molar-refractivity contribution is 7.11. The van der Waals surface area contributed by atoms with E-state index in [1.165, 1.54) is 11.3 Å². The number of ether oxygens (including phenoxy) is 1. The van der Waals surface area contributed by atoms with Crippen LogP contribution in [0, 0.1) is 12.3 Å². The van der Waals surface area contributed by atoms with Crippen LogP contribution in [-0.2, 0) is 4.74 Å². The maximum absolute atomic E-state index is 11.7. The number of carbonyl (C=O) groups excluding carboxylic acids is 1. The van der Waals surface area contributed by atoms with Crippen molar-refractivity contribution in [2.24, 2.45) is 0 Å². The van der Waals surface area contributed by atoms with Crippen LogP contribution in [0.3, 0.4) is 0 Å². The third-order valence-electron chi connectivity index (χ3n) is 3.63. The summed E-state index contributed by atoms with van der Waals surface area (Å²) in [7, 11) is 0. The molecule has 6 nitrogen and oxygen atoms in total. The molecule has 0 bridgehead atoms. The summed E-state index contributed by atoms with van der Waals surface area (Å²) in [5.41, 5.74) is 2.50. The van der Waals surface area contributed by atoms with Gasteiger partial charge in [-0.1, -0.05) is 0 Å². The number of aliphatic hydroxyl groups excluding tert-OH is 1. The monoisotopic (exact) mass is 343 g/mol. The van der Waals surface area contributed by atoms with Crippen LogP contribution in [0.4, 0.5) is 5.69 Å². The zero-order valence-electron chi connectivity index (χ0n) is 13.4. The number of rotatable bonds is 4. The van der Waals surface area contributed by atoms with Crippen molar-refractivity contribution < 1.29 is 14.6 Å². The Kier molecular flexibility index (Phi) is 4.35. The van der Waals surface area contributed by atoms with Gasteiger partial charge in [-0.3, -0.25) is 5.41 Å². The quantitative estimate of drug-likeness (QED) is 0.831. The maximum atomic E-state index is 11.7. The average molecular weight is 343 g/mol. The Bertz CT molecular complexity index is 824. The van der Waals surface area contributed by atoms with E-state index in [0.717, 1.165) is 11.4 Å². The molecule has 0 amide bonds. The second kappa shape index (κ2) is 6.45. The molecule has 0 radical (unpaired) electrons. The van der Waals surface area contributed by atoms with Gasteiger partial charge in [0.1, 0.15) is 16.6 Å². The largest absolute Gasteiger partial charge is 0.510 e. The average Bonchev–Trinajstić information content (AvgIpc) is 3.11. The molecule has 3 rings (SSSR count). The van der Waals surface area contributed by atoms with Crippen molar-refractivity contribution in [1.29, 1.82) is 5.41 Å². The van der Waals surface area contributed by atoms with Crippen LogP contribution < -0.4 is 4.90 Å². The number of aromatic nitrogens is 1. The van der Waals surface area contributed by atoms with E-state index in [4.69, 9.17) is 10.1 Å². The molecule has 0 aliphatic carbocycles. The Morgan fingerprint density at radius 2 is 2.12 bits per heavy atom. The highest BCUT2D eigenvalue weighted by atomic mass is 32.1. The summed E-state index contributed by atoms with van der Waals surface area (Å²) < 4.78 is 4.96. The normalized spacial score (nSPS) is 14.4. The number of esters is 1. The molecule has 0 atom stereocenters. The SMILES string of the molecule is CCOC(=O)c1ccc(N2CC(O)=C(c3nc(C)cs3)C2=N)cc1. The number of anilines is 1. The number of thiazole rings is 1. The highest BCUT2D eigenvalue weighted by Gasteiger charge is 2.31. The molecule has 0 fully saturated rings. The van der Waals surface area contributed by atoms with Gasteiger partial charge in [-0.25, -0.2) is 9.78 Å². The molecular weight excluding hydrogens is 326 g/mol. The molecule has 24 heavy (non-hydrogen) atoms. The second-order valence-corrected chi connectivity index (χ2v) is 6.18. The van der Waals surface area contributed by atoms with Gasteiger partial charge in [-0.05, 0) is 38.1 Å². The lowest BCUT2D eigenvalue weighted by molar-refractivity contribution is 0.0526. The molecule has 1 aromatic carbocycles. The number of hydrogen-bond donors (Lipinski definition) is 2. The maximum Gasteiger partial charge on any atom is 0.338 e. The molecule has 2 N–H and O–H groups in total. The van der Waals surface area contributed by atoms with Crippen molar-refractivity contribution >= 4 is 34.4 Å². The third kappa shape index (κ3) is 2.90. The van der Waals surface area contributed by atoms with Crippen molar-refractivity contribution in [3.8, 4) is 0 Å². The second-order valence-electron chi connectivity index (χ2n) is 5.32. The van der Waals surface area contributed by atoms with Gasteiger partial charge in [0.25, 0.3) is 0 Å². The summed E-state index contributed by atoms with van der Waals surface area (Å²) in [6, 6.07) is 6.79. The van der Waals surface area contributed by atoms with E-state index in [1.54, 1.807) is 36.1 Å². The lowest BCUT2D eigenvalue weighted by Crippen LogP contribution is -2.26. The van der Waals surface area contributed by atoms with Crippen LogP contribution in [0.5, 0.6) is 0 Å². The Labute approximate surface area is 143 Å². The molecule has 1 aliphatic rings. The van der Waals surface area contributed by atoms with E-state index in [0.29, 0.717) is 22.8 Å². The fraction of sp³-hybridized carbons (Fsp3) is 0.235. The van der Waals surface area contributed by atoms with Gasteiger partial charge in [-0.2, -0.15) is 0 Å². The predicted molar refractivity (Wildman–Crippen MR) is 93.9 cm³/mol. The van der Waals surface area contributed by atoms with E-state index in [-0.39, 0.29) is 24.1 Å². The van der Waals surface area contributed by atoms with Crippen LogP contribution in [-0.4, -0.2) is 35.0 Å². The van der Waals surface area contributed by atoms with Gasteiger partial charge < -0.3 is 14.7 Å². The number of aliphatic hydroxyl groups is 1. The Hall–Kier alpha value is -2.67. The topological polar surface area (TPSA) is 86.5 Å². The zero-order valence-corrected chi connectivity index (χ0v) is 14.2. The van der Waals surface area contributed by atoms with Gasteiger partial charge in [0, 0.05) is 16.8 Å². The molecule has 124 valence electrons. The zero-order chi connectivity index (χ0) is 17.3. The van der Waals surface area contributed by atoms with Crippen LogP contribution >= 0.6 is 11.3 Å². The molecule has 0 unspecified atom stereocenters. The highest BCUT2D eigenvalue weighted by Crippen LogP contribution is 2.32. The molecule has 1 aromatic heterocycles. The summed E-state index contributed by atoms with van der Waals surface area (Å²) in [5, 5.41) is 21.1. The van der Waals surface area contributed by atoms with E-state index < -0.39 is 0 Å². The van der Waals surface area contributed by atoms with Gasteiger partial charge in [0.15, 0.2) is 0 Å². The lowest BCUT2D eigenvalue weighted by Gasteiger charge is -2.18. The first kappa shape index (κ1) is 16.2. The molecule has 0 saturated heterocycles. The van der Waals surface area contributed by atoms with Crippen LogP contribution in [0.25, 0.3) is 5.57 Å². The van der Waals surface area contributed by atoms with Gasteiger partial charge >= 0.3 is 5.97 Å². The minimum atomic E-state index is -0.375.